The molecule has 0 aliphatic carbocycles. The Morgan fingerprint density at radius 2 is 1.92 bits per heavy atom. The quantitative estimate of drug-likeness (QED) is 0.616. The molecule has 2 aromatic carbocycles. The molecule has 5 nitrogen and oxygen atoms in total. The topological polar surface area (TPSA) is 82.3 Å². The van der Waals surface area contributed by atoms with Crippen molar-refractivity contribution in [1.29, 1.82) is 0 Å². The number of primary sulfonamides is 1. The van der Waals surface area contributed by atoms with Crippen LogP contribution in [0.15, 0.2) is 52.9 Å². The maximum absolute atomic E-state index is 12.1. The van der Waals surface area contributed by atoms with Crippen LogP contribution in [0.4, 0.5) is 0 Å². The summed E-state index contributed by atoms with van der Waals surface area (Å²) in [5.74, 6) is 1.13. The van der Waals surface area contributed by atoms with Crippen LogP contribution in [0.5, 0.6) is 5.75 Å². The van der Waals surface area contributed by atoms with Gasteiger partial charge in [-0.3, -0.25) is 0 Å². The third-order valence-electron chi connectivity index (χ3n) is 3.76. The minimum atomic E-state index is -3.74. The third-order valence-corrected chi connectivity index (χ3v) is 7.26. The molecule has 0 saturated carbocycles. The molecule has 132 valence electrons. The zero-order valence-electron chi connectivity index (χ0n) is 13.6. The first kappa shape index (κ1) is 18.2. The maximum Gasteiger partial charge on any atom is 0.216 e. The molecule has 25 heavy (non-hydrogen) atoms. The zero-order valence-corrected chi connectivity index (χ0v) is 16.0. The SMILES string of the molecule is COc1ccccc1C(CCSc1nc2ccccc2s1)S(N)(=O)=O. The minimum absolute atomic E-state index is 0.389. The molecule has 8 heteroatoms. The molecule has 2 N–H and O–H groups in total. The average molecular weight is 395 g/mol. The Balaban J connectivity index is 1.75. The predicted molar refractivity (Wildman–Crippen MR) is 104 cm³/mol. The second-order valence-corrected chi connectivity index (χ2v) is 9.52. The van der Waals surface area contributed by atoms with Gasteiger partial charge in [-0.2, -0.15) is 0 Å². The van der Waals surface area contributed by atoms with Crippen LogP contribution in [-0.4, -0.2) is 26.3 Å². The van der Waals surface area contributed by atoms with Crippen LogP contribution >= 0.6 is 23.1 Å². The number of ether oxygens (including phenoxy) is 1. The molecule has 1 atom stereocenters. The lowest BCUT2D eigenvalue weighted by Gasteiger charge is -2.17. The van der Waals surface area contributed by atoms with Gasteiger partial charge in [-0.1, -0.05) is 42.1 Å². The summed E-state index contributed by atoms with van der Waals surface area (Å²) >= 11 is 3.15. The Morgan fingerprint density at radius 3 is 2.64 bits per heavy atom. The van der Waals surface area contributed by atoms with E-state index >= 15 is 0 Å². The number of hydrogen-bond donors (Lipinski definition) is 1. The monoisotopic (exact) mass is 394 g/mol. The lowest BCUT2D eigenvalue weighted by Crippen LogP contribution is -2.22. The molecule has 1 heterocycles. The summed E-state index contributed by atoms with van der Waals surface area (Å²) in [6.45, 7) is 0. The van der Waals surface area contributed by atoms with Crippen molar-refractivity contribution in [3.05, 3.63) is 54.1 Å². The van der Waals surface area contributed by atoms with Gasteiger partial charge < -0.3 is 4.74 Å². The lowest BCUT2D eigenvalue weighted by atomic mass is 10.1. The fourth-order valence-corrected chi connectivity index (χ4v) is 5.88. The van der Waals surface area contributed by atoms with E-state index in [4.69, 9.17) is 9.88 Å². The van der Waals surface area contributed by atoms with E-state index in [0.717, 1.165) is 14.6 Å². The fraction of sp³-hybridized carbons (Fsp3) is 0.235. The lowest BCUT2D eigenvalue weighted by molar-refractivity contribution is 0.408. The fourth-order valence-electron chi connectivity index (χ4n) is 2.60. The number of nitrogens with two attached hydrogens (primary N) is 1. The Labute approximate surface area is 155 Å². The number of thioether (sulfide) groups is 1. The number of benzene rings is 2. The molecule has 0 aliphatic heterocycles. The summed E-state index contributed by atoms with van der Waals surface area (Å²) in [5, 5.41) is 4.67. The van der Waals surface area contributed by atoms with Gasteiger partial charge in [0.15, 0.2) is 4.34 Å². The number of fused-ring (bicyclic) bond motifs is 1. The number of thiazole rings is 1. The van der Waals surface area contributed by atoms with Crippen LogP contribution in [0.25, 0.3) is 10.2 Å². The molecule has 3 aromatic rings. The zero-order chi connectivity index (χ0) is 17.9. The van der Waals surface area contributed by atoms with Gasteiger partial charge in [0.1, 0.15) is 11.0 Å². The van der Waals surface area contributed by atoms with Crippen molar-refractivity contribution in [2.24, 2.45) is 5.14 Å². The van der Waals surface area contributed by atoms with Crippen LogP contribution in [0.3, 0.4) is 0 Å². The van der Waals surface area contributed by atoms with E-state index < -0.39 is 15.3 Å². The maximum atomic E-state index is 12.1. The van der Waals surface area contributed by atoms with Crippen molar-refractivity contribution in [2.45, 2.75) is 16.0 Å². The van der Waals surface area contributed by atoms with E-state index in [-0.39, 0.29) is 0 Å². The number of sulfonamides is 1. The van der Waals surface area contributed by atoms with Crippen LogP contribution < -0.4 is 9.88 Å². The Morgan fingerprint density at radius 1 is 1.20 bits per heavy atom. The van der Waals surface area contributed by atoms with Crippen LogP contribution in [-0.2, 0) is 10.0 Å². The highest BCUT2D eigenvalue weighted by atomic mass is 32.2. The number of rotatable bonds is 7. The third kappa shape index (κ3) is 4.33. The highest BCUT2D eigenvalue weighted by Crippen LogP contribution is 2.35. The smallest absolute Gasteiger partial charge is 0.216 e. The molecule has 0 bridgehead atoms. The highest BCUT2D eigenvalue weighted by Gasteiger charge is 2.26. The molecule has 0 spiro atoms. The van der Waals surface area contributed by atoms with Gasteiger partial charge in [0.25, 0.3) is 0 Å². The normalized spacial score (nSPS) is 13.0. The Bertz CT molecular complexity index is 937. The number of aromatic nitrogens is 1. The number of hydrogen-bond acceptors (Lipinski definition) is 6. The molecule has 3 rings (SSSR count). The van der Waals surface area contributed by atoms with Crippen molar-refractivity contribution in [1.82, 2.24) is 4.98 Å². The van der Waals surface area contributed by atoms with Crippen LogP contribution in [0.2, 0.25) is 0 Å². The highest BCUT2D eigenvalue weighted by molar-refractivity contribution is 8.01. The largest absolute Gasteiger partial charge is 0.496 e. The van der Waals surface area contributed by atoms with Gasteiger partial charge in [0, 0.05) is 11.3 Å². The van der Waals surface area contributed by atoms with Gasteiger partial charge in [0.05, 0.1) is 17.3 Å². The van der Waals surface area contributed by atoms with E-state index in [1.54, 1.807) is 47.4 Å². The van der Waals surface area contributed by atoms with Crippen molar-refractivity contribution >= 4 is 43.3 Å². The summed E-state index contributed by atoms with van der Waals surface area (Å²) in [7, 11) is -2.22. The second-order valence-electron chi connectivity index (χ2n) is 5.40. The molecule has 1 unspecified atom stereocenters. The summed E-state index contributed by atoms with van der Waals surface area (Å²) in [6, 6.07) is 15.0. The summed E-state index contributed by atoms with van der Waals surface area (Å²) in [6.07, 6.45) is 0.389. The number of nitrogens with zero attached hydrogens (tertiary/aromatic N) is 1. The molecule has 0 fully saturated rings. The molecular formula is C17H18N2O3S3. The van der Waals surface area contributed by atoms with E-state index in [1.807, 2.05) is 24.3 Å². The summed E-state index contributed by atoms with van der Waals surface area (Å²) in [4.78, 5) is 4.55. The predicted octanol–water partition coefficient (Wildman–Crippen LogP) is 3.82. The van der Waals surface area contributed by atoms with Gasteiger partial charge in [-0.05, 0) is 24.6 Å². The van der Waals surface area contributed by atoms with Gasteiger partial charge in [-0.25, -0.2) is 18.5 Å². The van der Waals surface area contributed by atoms with E-state index in [2.05, 4.69) is 4.98 Å². The van der Waals surface area contributed by atoms with Crippen molar-refractivity contribution in [2.75, 3.05) is 12.9 Å². The Kier molecular flexibility index (Phi) is 5.63. The first-order valence-corrected chi connectivity index (χ1v) is 11.0. The van der Waals surface area contributed by atoms with E-state index in [9.17, 15) is 8.42 Å². The Hall–Kier alpha value is -1.61. The molecule has 0 amide bonds. The first-order valence-electron chi connectivity index (χ1n) is 7.62. The summed E-state index contributed by atoms with van der Waals surface area (Å²) in [5.41, 5.74) is 1.56. The minimum Gasteiger partial charge on any atom is -0.496 e. The van der Waals surface area contributed by atoms with E-state index in [0.29, 0.717) is 23.5 Å². The molecule has 1 aromatic heterocycles. The molecule has 0 saturated heterocycles. The standard InChI is InChI=1S/C17H18N2O3S3/c1-22-14-8-4-2-6-12(14)16(25(18,20)21)10-11-23-17-19-13-7-3-5-9-15(13)24-17/h2-9,16H,10-11H2,1H3,(H2,18,20,21). The van der Waals surface area contributed by atoms with Gasteiger partial charge >= 0.3 is 0 Å². The molecule has 0 aliphatic rings. The summed E-state index contributed by atoms with van der Waals surface area (Å²) < 4.78 is 31.5. The van der Waals surface area contributed by atoms with Crippen LogP contribution in [0, 0.1) is 0 Å². The first-order chi connectivity index (χ1) is 12.0. The van der Waals surface area contributed by atoms with E-state index in [1.165, 1.54) is 7.11 Å². The second kappa shape index (κ2) is 7.74. The van der Waals surface area contributed by atoms with Crippen molar-refractivity contribution in [3.63, 3.8) is 0 Å². The molecule has 0 radical (unpaired) electrons. The average Bonchev–Trinajstić information content (AvgIpc) is 3.00. The molecular weight excluding hydrogens is 376 g/mol. The van der Waals surface area contributed by atoms with Crippen molar-refractivity contribution in [3.8, 4) is 5.75 Å². The van der Waals surface area contributed by atoms with Crippen LogP contribution in [0.1, 0.15) is 17.2 Å². The van der Waals surface area contributed by atoms with Gasteiger partial charge in [-0.15, -0.1) is 11.3 Å². The van der Waals surface area contributed by atoms with Gasteiger partial charge in [0.2, 0.25) is 10.0 Å². The van der Waals surface area contributed by atoms with Crippen molar-refractivity contribution < 1.29 is 13.2 Å². The number of methoxy groups -OCH3 is 1. The number of para-hydroxylation sites is 2.